The van der Waals surface area contributed by atoms with Gasteiger partial charge in [0.15, 0.2) is 0 Å². The summed E-state index contributed by atoms with van der Waals surface area (Å²) in [5.41, 5.74) is 1.64. The Hall–Kier alpha value is -2.60. The quantitative estimate of drug-likeness (QED) is 0.838. The summed E-state index contributed by atoms with van der Waals surface area (Å²) in [5.74, 6) is -0.697. The summed E-state index contributed by atoms with van der Waals surface area (Å²) in [5, 5.41) is 3.24. The van der Waals surface area contributed by atoms with E-state index in [1.54, 1.807) is 18.2 Å². The molecule has 2 aromatic rings. The standard InChI is InChI=1S/C21H23ClFN3O2/c1-14(2)21(28)26-10-8-25(9-11-26)19-7-6-17(13-18(19)22)24-20(27)15-4-3-5-16(23)12-15/h3-7,12-14H,8-11H2,1-2H3,(H,24,27). The number of piperazine rings is 1. The predicted molar refractivity (Wildman–Crippen MR) is 109 cm³/mol. The molecule has 0 aromatic heterocycles. The molecule has 1 fully saturated rings. The number of benzene rings is 2. The third-order valence-corrected chi connectivity index (χ3v) is 5.02. The Bertz CT molecular complexity index is 880. The van der Waals surface area contributed by atoms with Crippen LogP contribution in [-0.2, 0) is 4.79 Å². The number of amides is 2. The van der Waals surface area contributed by atoms with E-state index in [4.69, 9.17) is 11.6 Å². The van der Waals surface area contributed by atoms with Crippen LogP contribution in [0.4, 0.5) is 15.8 Å². The number of anilines is 2. The Kier molecular flexibility index (Phi) is 6.19. The summed E-state index contributed by atoms with van der Waals surface area (Å²) < 4.78 is 13.3. The van der Waals surface area contributed by atoms with Gasteiger partial charge in [0.25, 0.3) is 5.91 Å². The van der Waals surface area contributed by atoms with Crippen molar-refractivity contribution < 1.29 is 14.0 Å². The molecule has 0 saturated carbocycles. The molecule has 0 bridgehead atoms. The van der Waals surface area contributed by atoms with Crippen LogP contribution in [0.5, 0.6) is 0 Å². The van der Waals surface area contributed by atoms with Crippen molar-refractivity contribution in [1.82, 2.24) is 4.90 Å². The monoisotopic (exact) mass is 403 g/mol. The summed E-state index contributed by atoms with van der Waals surface area (Å²) >= 11 is 6.43. The van der Waals surface area contributed by atoms with Crippen LogP contribution in [0.25, 0.3) is 0 Å². The zero-order valence-corrected chi connectivity index (χ0v) is 16.7. The average Bonchev–Trinajstić information content (AvgIpc) is 2.67. The number of nitrogens with one attached hydrogen (secondary N) is 1. The van der Waals surface area contributed by atoms with Gasteiger partial charge in [-0.1, -0.05) is 31.5 Å². The fourth-order valence-corrected chi connectivity index (χ4v) is 3.51. The molecule has 0 atom stereocenters. The summed E-state index contributed by atoms with van der Waals surface area (Å²) in [6.07, 6.45) is 0. The van der Waals surface area contributed by atoms with E-state index in [9.17, 15) is 14.0 Å². The van der Waals surface area contributed by atoms with E-state index < -0.39 is 11.7 Å². The van der Waals surface area contributed by atoms with Gasteiger partial charge in [-0.15, -0.1) is 0 Å². The normalized spacial score (nSPS) is 14.3. The zero-order chi connectivity index (χ0) is 20.3. The maximum atomic E-state index is 13.3. The third kappa shape index (κ3) is 4.62. The molecule has 0 radical (unpaired) electrons. The molecule has 5 nitrogen and oxygen atoms in total. The first-order valence-electron chi connectivity index (χ1n) is 9.25. The van der Waals surface area contributed by atoms with Gasteiger partial charge in [0.1, 0.15) is 5.82 Å². The van der Waals surface area contributed by atoms with Crippen molar-refractivity contribution >= 4 is 34.8 Å². The highest BCUT2D eigenvalue weighted by molar-refractivity contribution is 6.33. The minimum Gasteiger partial charge on any atom is -0.367 e. The van der Waals surface area contributed by atoms with Gasteiger partial charge < -0.3 is 15.1 Å². The van der Waals surface area contributed by atoms with Crippen molar-refractivity contribution in [3.8, 4) is 0 Å². The second-order valence-electron chi connectivity index (χ2n) is 7.10. The highest BCUT2D eigenvalue weighted by Crippen LogP contribution is 2.30. The average molecular weight is 404 g/mol. The number of rotatable bonds is 4. The number of hydrogen-bond donors (Lipinski definition) is 1. The Morgan fingerprint density at radius 3 is 2.39 bits per heavy atom. The predicted octanol–water partition coefficient (Wildman–Crippen LogP) is 4.04. The van der Waals surface area contributed by atoms with Gasteiger partial charge in [0, 0.05) is 43.3 Å². The van der Waals surface area contributed by atoms with Crippen molar-refractivity contribution in [2.75, 3.05) is 36.4 Å². The van der Waals surface area contributed by atoms with Gasteiger partial charge in [0.05, 0.1) is 10.7 Å². The molecule has 0 unspecified atom stereocenters. The molecule has 3 rings (SSSR count). The van der Waals surface area contributed by atoms with Crippen LogP contribution >= 0.6 is 11.6 Å². The lowest BCUT2D eigenvalue weighted by Gasteiger charge is -2.37. The first kappa shape index (κ1) is 20.1. The van der Waals surface area contributed by atoms with E-state index in [0.717, 1.165) is 5.69 Å². The third-order valence-electron chi connectivity index (χ3n) is 4.72. The number of carbonyl (C=O) groups is 2. The van der Waals surface area contributed by atoms with Gasteiger partial charge in [-0.3, -0.25) is 9.59 Å². The van der Waals surface area contributed by atoms with E-state index in [1.807, 2.05) is 24.8 Å². The number of nitrogens with zero attached hydrogens (tertiary/aromatic N) is 2. The molecular formula is C21H23ClFN3O2. The lowest BCUT2D eigenvalue weighted by Crippen LogP contribution is -2.50. The highest BCUT2D eigenvalue weighted by atomic mass is 35.5. The lowest BCUT2D eigenvalue weighted by atomic mass is 10.1. The minimum atomic E-state index is -0.462. The maximum absolute atomic E-state index is 13.3. The molecule has 2 aromatic carbocycles. The SMILES string of the molecule is CC(C)C(=O)N1CCN(c2ccc(NC(=O)c3cccc(F)c3)cc2Cl)CC1. The fourth-order valence-electron chi connectivity index (χ4n) is 3.21. The summed E-state index contributed by atoms with van der Waals surface area (Å²) in [7, 11) is 0. The van der Waals surface area contributed by atoms with Crippen molar-refractivity contribution in [2.24, 2.45) is 5.92 Å². The lowest BCUT2D eigenvalue weighted by molar-refractivity contribution is -0.134. The summed E-state index contributed by atoms with van der Waals surface area (Å²) in [4.78, 5) is 28.4. The molecule has 0 aliphatic carbocycles. The molecule has 0 spiro atoms. The molecule has 28 heavy (non-hydrogen) atoms. The van der Waals surface area contributed by atoms with Crippen molar-refractivity contribution in [3.05, 3.63) is 58.9 Å². The molecule has 7 heteroatoms. The molecular weight excluding hydrogens is 381 g/mol. The fraction of sp³-hybridized carbons (Fsp3) is 0.333. The van der Waals surface area contributed by atoms with Crippen LogP contribution in [-0.4, -0.2) is 42.9 Å². The van der Waals surface area contributed by atoms with Crippen LogP contribution in [0.3, 0.4) is 0 Å². The first-order valence-corrected chi connectivity index (χ1v) is 9.63. The molecule has 1 saturated heterocycles. The van der Waals surface area contributed by atoms with E-state index in [1.165, 1.54) is 18.2 Å². The van der Waals surface area contributed by atoms with Crippen LogP contribution in [0.2, 0.25) is 5.02 Å². The molecule has 1 aliphatic heterocycles. The molecule has 1 N–H and O–H groups in total. The Morgan fingerprint density at radius 1 is 1.07 bits per heavy atom. The van der Waals surface area contributed by atoms with Gasteiger partial charge in [-0.05, 0) is 36.4 Å². The smallest absolute Gasteiger partial charge is 0.255 e. The van der Waals surface area contributed by atoms with Crippen molar-refractivity contribution in [1.29, 1.82) is 0 Å². The first-order chi connectivity index (χ1) is 13.3. The number of hydrogen-bond acceptors (Lipinski definition) is 3. The molecule has 148 valence electrons. The maximum Gasteiger partial charge on any atom is 0.255 e. The van der Waals surface area contributed by atoms with Gasteiger partial charge in [-0.25, -0.2) is 4.39 Å². The van der Waals surface area contributed by atoms with E-state index in [0.29, 0.717) is 36.9 Å². The molecule has 2 amide bonds. The van der Waals surface area contributed by atoms with Crippen LogP contribution in [0, 0.1) is 11.7 Å². The number of carbonyl (C=O) groups excluding carboxylic acids is 2. The Labute approximate surface area is 169 Å². The second-order valence-corrected chi connectivity index (χ2v) is 7.50. The summed E-state index contributed by atoms with van der Waals surface area (Å²) in [6.45, 7) is 6.53. The van der Waals surface area contributed by atoms with Gasteiger partial charge in [-0.2, -0.15) is 0 Å². The topological polar surface area (TPSA) is 52.7 Å². The van der Waals surface area contributed by atoms with E-state index in [2.05, 4.69) is 10.2 Å². The van der Waals surface area contributed by atoms with E-state index >= 15 is 0 Å². The van der Waals surface area contributed by atoms with Crippen molar-refractivity contribution in [3.63, 3.8) is 0 Å². The zero-order valence-electron chi connectivity index (χ0n) is 15.9. The second kappa shape index (κ2) is 8.61. The van der Waals surface area contributed by atoms with Gasteiger partial charge >= 0.3 is 0 Å². The van der Waals surface area contributed by atoms with E-state index in [-0.39, 0.29) is 17.4 Å². The Morgan fingerprint density at radius 2 is 1.79 bits per heavy atom. The van der Waals surface area contributed by atoms with Crippen LogP contribution in [0.1, 0.15) is 24.2 Å². The summed E-state index contributed by atoms with van der Waals surface area (Å²) in [6, 6.07) is 10.8. The van der Waals surface area contributed by atoms with Crippen LogP contribution < -0.4 is 10.2 Å². The Balaban J connectivity index is 1.65. The number of halogens is 2. The van der Waals surface area contributed by atoms with Crippen molar-refractivity contribution in [2.45, 2.75) is 13.8 Å². The molecule has 1 aliphatic rings. The van der Waals surface area contributed by atoms with Gasteiger partial charge in [0.2, 0.25) is 5.91 Å². The highest BCUT2D eigenvalue weighted by Gasteiger charge is 2.24. The largest absolute Gasteiger partial charge is 0.367 e. The molecule has 1 heterocycles. The van der Waals surface area contributed by atoms with Crippen LogP contribution in [0.15, 0.2) is 42.5 Å². The minimum absolute atomic E-state index is 0.00359.